The number of phosphoric acid groups is 1. The second kappa shape index (κ2) is 351. The van der Waals surface area contributed by atoms with E-state index in [-0.39, 0.29) is 213 Å². The molecule has 0 unspecified atom stereocenters. The van der Waals surface area contributed by atoms with Gasteiger partial charge in [-0.15, -0.1) is 3.97 Å². The van der Waals surface area contributed by atoms with Crippen molar-refractivity contribution >= 4 is 35.6 Å². The quantitative estimate of drug-likeness (QED) is 0.138. The topological polar surface area (TPSA) is 1070 Å². The second-order valence-corrected chi connectivity index (χ2v) is 3.43. The minimum Gasteiger partial charge on any atom is -1.00 e. The predicted octanol–water partition coefficient (Wildman–Crippen LogP) is -29.9. The maximum absolute atomic E-state index is 9.58. The average Bonchev–Trinajstić information content (AvgIpc) is 1.14. The summed E-state index contributed by atoms with van der Waals surface area (Å²) in [7, 11) is -10.2. The third-order valence-corrected chi connectivity index (χ3v) is 1.72. The van der Waals surface area contributed by atoms with E-state index in [1.807, 2.05) is 0 Å². The largest absolute Gasteiger partial charge is 1.00 e. The van der Waals surface area contributed by atoms with Crippen LogP contribution in [0.25, 0.3) is 0 Å². The smallest absolute Gasteiger partial charge is 1.00 e. The summed E-state index contributed by atoms with van der Waals surface area (Å²) in [5, 5.41) is 0. The Morgan fingerprint density at radius 2 is 0.463 bits per heavy atom. The van der Waals surface area contributed by atoms with E-state index in [9.17, 15) is 13.0 Å². The fourth-order valence-electron chi connectivity index (χ4n) is 0.123. The third kappa shape index (κ3) is 1470. The minimum absolute atomic E-state index is 0. The molecule has 0 aromatic heterocycles. The van der Waals surface area contributed by atoms with Crippen molar-refractivity contribution in [1.82, 2.24) is 0 Å². The van der Waals surface area contributed by atoms with Gasteiger partial charge in [0.25, 0.3) is 0 Å². The molecular weight excluding hydrogens is 705 g/mol. The Balaban J connectivity index is -0.000000000606. The van der Waals surface area contributed by atoms with Crippen molar-refractivity contribution in [2.24, 2.45) is 0 Å². The number of hydrogen-bond donors (Lipinski definition) is 3. The van der Waals surface area contributed by atoms with Gasteiger partial charge < -0.3 is 175 Å². The molecule has 0 aliphatic heterocycles. The first-order chi connectivity index (χ1) is 3.71. The van der Waals surface area contributed by atoms with Gasteiger partial charge in [-0.3, -0.25) is 4.55 Å². The zero-order chi connectivity index (χ0) is 7.71. The molecule has 0 bridgehead atoms. The summed E-state index contributed by atoms with van der Waals surface area (Å²) in [6.07, 6.45) is 0. The predicted molar refractivity (Wildman–Crippen MR) is 144 cm³/mol. The van der Waals surface area contributed by atoms with Crippen molar-refractivity contribution in [2.45, 2.75) is 0 Å². The fraction of sp³-hybridized carbons (Fsp3) is 0. The summed E-state index contributed by atoms with van der Waals surface area (Å²) in [5.74, 6) is 0. The van der Waals surface area contributed by atoms with E-state index in [2.05, 4.69) is 3.97 Å². The van der Waals surface area contributed by atoms with Crippen LogP contribution in [0.3, 0.4) is 0 Å². The van der Waals surface area contributed by atoms with E-state index in [1.165, 1.54) is 0 Å². The molecule has 0 heterocycles. The molecule has 0 aromatic carbocycles. The van der Waals surface area contributed by atoms with Gasteiger partial charge in [0.05, 0.1) is 0 Å². The minimum atomic E-state index is -5.13. The summed E-state index contributed by atoms with van der Waals surface area (Å²) < 4.78 is 39.0. The molecule has 304 valence electrons. The molecule has 37 nitrogen and oxygen atoms in total. The van der Waals surface area contributed by atoms with Crippen LogP contribution < -0.4 is 29.6 Å². The summed E-state index contributed by atoms with van der Waals surface area (Å²) in [5.41, 5.74) is 0. The zero-order valence-electron chi connectivity index (χ0n) is 20.8. The second-order valence-electron chi connectivity index (χ2n) is 0.993. The van der Waals surface area contributed by atoms with Gasteiger partial charge >= 0.3 is 47.8 Å². The van der Waals surface area contributed by atoms with E-state index in [0.717, 1.165) is 0 Å². The van der Waals surface area contributed by atoms with Crippen LogP contribution in [0.15, 0.2) is 0 Å². The van der Waals surface area contributed by atoms with E-state index in [0.29, 0.717) is 0 Å². The third-order valence-electron chi connectivity index (χ3n) is 0.191. The molecule has 0 aliphatic carbocycles. The van der Waals surface area contributed by atoms with Crippen LogP contribution in [-0.4, -0.2) is 204 Å². The Kier molecular flexibility index (Phi) is 8250. The fourth-order valence-corrected chi connectivity index (χ4v) is 1.10. The van der Waals surface area contributed by atoms with Gasteiger partial charge in [0.15, 0.2) is 17.4 Å². The Morgan fingerprint density at radius 3 is 0.463 bits per heavy atom. The molecule has 0 atom stereocenters. The monoisotopic (exact) mass is 772 g/mol. The van der Waals surface area contributed by atoms with Crippen LogP contribution in [0.4, 0.5) is 0 Å². The molecule has 0 saturated carbocycles. The molecule has 0 radical (unpaired) electrons. The molecular formula is H67AlNaO37PS. The molecule has 0 rings (SSSR count). The number of rotatable bonds is 2. The normalized spacial score (nSPS) is 3.00. The molecule has 0 amide bonds. The summed E-state index contributed by atoms with van der Waals surface area (Å²) in [6.45, 7) is 0. The van der Waals surface area contributed by atoms with Crippen molar-refractivity contribution in [3.05, 3.63) is 0 Å². The molecule has 0 aliphatic rings. The van der Waals surface area contributed by atoms with Crippen molar-refractivity contribution in [3.8, 4) is 0 Å². The Hall–Kier alpha value is 0.352. The first kappa shape index (κ1) is 965. The van der Waals surface area contributed by atoms with Gasteiger partial charge in [-0.05, 0) is 0 Å². The Bertz CT molecular complexity index is 240. The molecule has 41 heteroatoms. The van der Waals surface area contributed by atoms with Gasteiger partial charge in [0.1, 0.15) is 0 Å². The number of hydrogen-bond acceptors (Lipinski definition) is 4. The molecule has 0 aromatic rings. The van der Waals surface area contributed by atoms with E-state index < -0.39 is 18.2 Å². The molecule has 63 N–H and O–H groups in total. The SMILES string of the molecule is O.O.O.O.O.O.O.O.O.O.O.O.O.O.O.O.O.O.O.O.O.O.O.O.O.O.O.O.O.O.O=P(O)(O)OS(=O)(=O)O.[AlH3].[H-].[Na+]. The summed E-state index contributed by atoms with van der Waals surface area (Å²) in [6, 6.07) is 0. The van der Waals surface area contributed by atoms with Crippen molar-refractivity contribution in [1.29, 1.82) is 0 Å². The molecule has 0 saturated heterocycles. The van der Waals surface area contributed by atoms with Gasteiger partial charge in [0.2, 0.25) is 0 Å². The van der Waals surface area contributed by atoms with Crippen LogP contribution >= 0.6 is 7.82 Å². The van der Waals surface area contributed by atoms with E-state index >= 15 is 0 Å². The van der Waals surface area contributed by atoms with Crippen LogP contribution in [0.1, 0.15) is 1.43 Å². The van der Waals surface area contributed by atoms with Crippen LogP contribution in [0.2, 0.25) is 0 Å². The van der Waals surface area contributed by atoms with Gasteiger partial charge in [-0.2, -0.15) is 8.42 Å². The maximum Gasteiger partial charge on any atom is 1.00 e. The first-order valence-corrected chi connectivity index (χ1v) is 4.34. The standard InChI is InChI=1S/Al.Na.H3O7PS.30H2O.4H/c;;1-8(2,3)7-9(4,5)6;;;;;;;;;;;;;;;;;;;;;;;;;;;;;;;;;;/h;;(H2,1,2,3)(H,4,5,6);30*1H2;;;;/q;+1;;;;;;;;;;;;;;;;;;;;;;;;;;;;;;;;;;;-1. The Labute approximate surface area is 262 Å². The summed E-state index contributed by atoms with van der Waals surface area (Å²) >= 11 is 0. The van der Waals surface area contributed by atoms with Crippen molar-refractivity contribution < 1.29 is 227 Å². The summed E-state index contributed by atoms with van der Waals surface area (Å²) in [4.78, 5) is 15.4. The van der Waals surface area contributed by atoms with Gasteiger partial charge in [0, 0.05) is 0 Å². The van der Waals surface area contributed by atoms with Gasteiger partial charge in [-0.25, -0.2) is 4.57 Å². The van der Waals surface area contributed by atoms with E-state index in [4.69, 9.17) is 14.3 Å². The molecule has 0 fully saturated rings. The maximum atomic E-state index is 9.58. The van der Waals surface area contributed by atoms with Crippen LogP contribution in [0, 0.1) is 0 Å². The molecule has 41 heavy (non-hydrogen) atoms. The van der Waals surface area contributed by atoms with Crippen molar-refractivity contribution in [2.75, 3.05) is 0 Å². The zero-order valence-corrected chi connectivity index (χ0v) is 23.5. The molecule has 0 spiro atoms. The van der Waals surface area contributed by atoms with Crippen LogP contribution in [0.5, 0.6) is 0 Å². The first-order valence-electron chi connectivity index (χ1n) is 1.45. The van der Waals surface area contributed by atoms with Crippen molar-refractivity contribution in [3.63, 3.8) is 0 Å². The van der Waals surface area contributed by atoms with E-state index in [1.54, 1.807) is 0 Å². The van der Waals surface area contributed by atoms with Crippen LogP contribution in [-0.2, 0) is 18.9 Å². The Morgan fingerprint density at radius 1 is 0.390 bits per heavy atom. The average molecular weight is 773 g/mol. The van der Waals surface area contributed by atoms with Gasteiger partial charge in [-0.1, -0.05) is 0 Å².